The summed E-state index contributed by atoms with van der Waals surface area (Å²) in [6, 6.07) is 0. The largest absolute Gasteiger partial charge is 0.450 e. The highest BCUT2D eigenvalue weighted by atomic mass is 16.5. The predicted molar refractivity (Wildman–Crippen MR) is 92.5 cm³/mol. The van der Waals surface area contributed by atoms with Crippen LogP contribution in [0, 0.1) is 0 Å². The summed E-state index contributed by atoms with van der Waals surface area (Å²) in [6.45, 7) is 10.1. The summed E-state index contributed by atoms with van der Waals surface area (Å²) in [5, 5.41) is 10.6. The molecule has 24 heavy (non-hydrogen) atoms. The van der Waals surface area contributed by atoms with E-state index in [1.807, 2.05) is 26.8 Å². The average Bonchev–Trinajstić information content (AvgIpc) is 3.05. The minimum absolute atomic E-state index is 0.00293. The molecule has 0 amide bonds. The standard InChI is InChI=1S/C20H28O4/c1-12-5-8-18(21)20(4)10-9-16(24-20)13(2)6-7-15-14(3)19(22)23-17(15)11-12/h11,16-18,21H,2,5-10H2,1,3-4H3. The molecule has 0 spiro atoms. The highest BCUT2D eigenvalue weighted by molar-refractivity contribution is 5.92. The number of hydrogen-bond donors (Lipinski definition) is 1. The fourth-order valence-corrected chi connectivity index (χ4v) is 3.94. The maximum Gasteiger partial charge on any atom is 0.334 e. The summed E-state index contributed by atoms with van der Waals surface area (Å²) >= 11 is 0. The maximum atomic E-state index is 11.9. The van der Waals surface area contributed by atoms with Crippen LogP contribution in [0.15, 0.2) is 34.9 Å². The van der Waals surface area contributed by atoms with E-state index in [1.54, 1.807) is 0 Å². The number of carbonyl (C=O) groups excluding carboxylic acids is 1. The minimum atomic E-state index is -0.498. The van der Waals surface area contributed by atoms with E-state index in [0.717, 1.165) is 54.4 Å². The van der Waals surface area contributed by atoms with Crippen LogP contribution in [0.3, 0.4) is 0 Å². The predicted octanol–water partition coefficient (Wildman–Crippen LogP) is 3.60. The first-order valence-electron chi connectivity index (χ1n) is 8.91. The molecule has 0 aliphatic carbocycles. The molecule has 4 unspecified atom stereocenters. The van der Waals surface area contributed by atoms with Gasteiger partial charge in [-0.2, -0.15) is 0 Å². The summed E-state index contributed by atoms with van der Waals surface area (Å²) in [4.78, 5) is 11.9. The molecule has 4 heteroatoms. The topological polar surface area (TPSA) is 55.8 Å². The quantitative estimate of drug-likeness (QED) is 0.544. The Labute approximate surface area is 144 Å². The Hall–Kier alpha value is -1.39. The molecule has 2 bridgehead atoms. The molecule has 1 N–H and O–H groups in total. The second-order valence-electron chi connectivity index (χ2n) is 7.66. The molecule has 3 rings (SSSR count). The molecule has 1 saturated heterocycles. The van der Waals surface area contributed by atoms with E-state index in [1.165, 1.54) is 0 Å². The van der Waals surface area contributed by atoms with E-state index in [9.17, 15) is 9.90 Å². The van der Waals surface area contributed by atoms with E-state index in [-0.39, 0.29) is 18.2 Å². The van der Waals surface area contributed by atoms with Gasteiger partial charge in [-0.1, -0.05) is 12.2 Å². The Morgan fingerprint density at radius 1 is 1.25 bits per heavy atom. The van der Waals surface area contributed by atoms with Crippen molar-refractivity contribution in [1.82, 2.24) is 0 Å². The van der Waals surface area contributed by atoms with Gasteiger partial charge in [0.1, 0.15) is 6.10 Å². The molecule has 132 valence electrons. The number of rotatable bonds is 0. The number of aliphatic hydroxyl groups excluding tert-OH is 1. The summed E-state index contributed by atoms with van der Waals surface area (Å²) < 4.78 is 11.7. The van der Waals surface area contributed by atoms with Crippen LogP contribution in [0.25, 0.3) is 0 Å². The van der Waals surface area contributed by atoms with Crippen molar-refractivity contribution in [1.29, 1.82) is 0 Å². The molecule has 3 heterocycles. The zero-order valence-electron chi connectivity index (χ0n) is 14.9. The van der Waals surface area contributed by atoms with Crippen LogP contribution in [0.2, 0.25) is 0 Å². The molecule has 0 aromatic rings. The zero-order chi connectivity index (χ0) is 17.5. The van der Waals surface area contributed by atoms with Crippen molar-refractivity contribution < 1.29 is 19.4 Å². The third-order valence-corrected chi connectivity index (χ3v) is 5.80. The van der Waals surface area contributed by atoms with E-state index < -0.39 is 11.7 Å². The number of carbonyl (C=O) groups is 1. The van der Waals surface area contributed by atoms with Crippen molar-refractivity contribution in [3.05, 3.63) is 34.9 Å². The maximum absolute atomic E-state index is 11.9. The van der Waals surface area contributed by atoms with E-state index in [4.69, 9.17) is 9.47 Å². The normalized spacial score (nSPS) is 38.0. The first kappa shape index (κ1) is 17.4. The van der Waals surface area contributed by atoms with Crippen LogP contribution in [0.4, 0.5) is 0 Å². The van der Waals surface area contributed by atoms with Gasteiger partial charge in [-0.3, -0.25) is 0 Å². The highest BCUT2D eigenvalue weighted by Gasteiger charge is 2.42. The Kier molecular flexibility index (Phi) is 4.71. The lowest BCUT2D eigenvalue weighted by atomic mass is 9.89. The second-order valence-corrected chi connectivity index (χ2v) is 7.66. The van der Waals surface area contributed by atoms with E-state index in [0.29, 0.717) is 6.42 Å². The van der Waals surface area contributed by atoms with E-state index >= 15 is 0 Å². The third kappa shape index (κ3) is 3.22. The molecule has 4 nitrogen and oxygen atoms in total. The zero-order valence-corrected chi connectivity index (χ0v) is 14.9. The van der Waals surface area contributed by atoms with Gasteiger partial charge in [-0.25, -0.2) is 4.79 Å². The summed E-state index contributed by atoms with van der Waals surface area (Å²) in [7, 11) is 0. The van der Waals surface area contributed by atoms with Gasteiger partial charge >= 0.3 is 5.97 Å². The molecule has 0 aromatic heterocycles. The van der Waals surface area contributed by atoms with Crippen molar-refractivity contribution in [3.8, 4) is 0 Å². The molecule has 1 fully saturated rings. The van der Waals surface area contributed by atoms with Crippen molar-refractivity contribution in [2.75, 3.05) is 0 Å². The number of aliphatic hydroxyl groups is 1. The lowest BCUT2D eigenvalue weighted by Gasteiger charge is -2.31. The average molecular weight is 332 g/mol. The van der Waals surface area contributed by atoms with Gasteiger partial charge in [0.05, 0.1) is 17.8 Å². The SMILES string of the molecule is C=C1CCC2=C(C)C(=O)OC2C=C(C)CCC(O)C2(C)CCC1O2. The van der Waals surface area contributed by atoms with Gasteiger partial charge in [0, 0.05) is 5.57 Å². The molecule has 0 saturated carbocycles. The van der Waals surface area contributed by atoms with Crippen molar-refractivity contribution in [2.45, 2.75) is 83.2 Å². The number of hydrogen-bond acceptors (Lipinski definition) is 4. The second kappa shape index (κ2) is 6.49. The Bertz CT molecular complexity index is 615. The van der Waals surface area contributed by atoms with Gasteiger partial charge in [0.25, 0.3) is 0 Å². The smallest absolute Gasteiger partial charge is 0.334 e. The molecule has 0 aromatic carbocycles. The van der Waals surface area contributed by atoms with Crippen LogP contribution < -0.4 is 0 Å². The first-order chi connectivity index (χ1) is 11.3. The van der Waals surface area contributed by atoms with Crippen LogP contribution >= 0.6 is 0 Å². The van der Waals surface area contributed by atoms with Gasteiger partial charge in [0.15, 0.2) is 0 Å². The summed E-state index contributed by atoms with van der Waals surface area (Å²) in [5.41, 5.74) is 3.48. The third-order valence-electron chi connectivity index (χ3n) is 5.80. The number of ether oxygens (including phenoxy) is 2. The van der Waals surface area contributed by atoms with Crippen LogP contribution in [-0.2, 0) is 14.3 Å². The Morgan fingerprint density at radius 2 is 2.00 bits per heavy atom. The fraction of sp³-hybridized carbons (Fsp3) is 0.650. The lowest BCUT2D eigenvalue weighted by Crippen LogP contribution is -2.39. The number of fused-ring (bicyclic) bond motifs is 3. The van der Waals surface area contributed by atoms with Crippen LogP contribution in [-0.4, -0.2) is 35.0 Å². The Morgan fingerprint density at radius 3 is 2.75 bits per heavy atom. The van der Waals surface area contributed by atoms with E-state index in [2.05, 4.69) is 6.58 Å². The van der Waals surface area contributed by atoms with Gasteiger partial charge in [-0.15, -0.1) is 0 Å². The summed E-state index contributed by atoms with van der Waals surface area (Å²) in [5.74, 6) is -0.221. The van der Waals surface area contributed by atoms with Gasteiger partial charge in [0.2, 0.25) is 0 Å². The van der Waals surface area contributed by atoms with Crippen LogP contribution in [0.1, 0.15) is 59.3 Å². The van der Waals surface area contributed by atoms with Crippen LogP contribution in [0.5, 0.6) is 0 Å². The highest BCUT2D eigenvalue weighted by Crippen LogP contribution is 2.39. The molecular weight excluding hydrogens is 304 g/mol. The van der Waals surface area contributed by atoms with Crippen molar-refractivity contribution in [3.63, 3.8) is 0 Å². The molecular formula is C20H28O4. The van der Waals surface area contributed by atoms with Crippen molar-refractivity contribution in [2.24, 2.45) is 0 Å². The first-order valence-corrected chi connectivity index (χ1v) is 8.91. The number of esters is 1. The van der Waals surface area contributed by atoms with Crippen molar-refractivity contribution >= 4 is 5.97 Å². The molecule has 4 atom stereocenters. The Balaban J connectivity index is 1.88. The monoisotopic (exact) mass is 332 g/mol. The number of allylic oxidation sites excluding steroid dienone is 1. The molecule has 3 aliphatic rings. The summed E-state index contributed by atoms with van der Waals surface area (Å²) in [6.07, 6.45) is 5.98. The molecule has 0 radical (unpaired) electrons. The van der Waals surface area contributed by atoms with Gasteiger partial charge < -0.3 is 14.6 Å². The lowest BCUT2D eigenvalue weighted by molar-refractivity contribution is -0.138. The fourth-order valence-electron chi connectivity index (χ4n) is 3.94. The minimum Gasteiger partial charge on any atom is -0.450 e. The van der Waals surface area contributed by atoms with Gasteiger partial charge in [-0.05, 0) is 76.5 Å². The molecule has 3 aliphatic heterocycles.